The lowest BCUT2D eigenvalue weighted by Crippen LogP contribution is -2.33. The molecule has 0 spiro atoms. The van der Waals surface area contributed by atoms with Crippen LogP contribution in [-0.4, -0.2) is 30.3 Å². The van der Waals surface area contributed by atoms with Crippen molar-refractivity contribution in [1.29, 1.82) is 0 Å². The van der Waals surface area contributed by atoms with Gasteiger partial charge >= 0.3 is 11.9 Å². The summed E-state index contributed by atoms with van der Waals surface area (Å²) in [5.41, 5.74) is 2.38. The molecule has 0 aliphatic carbocycles. The summed E-state index contributed by atoms with van der Waals surface area (Å²) >= 11 is 0. The maximum Gasteiger partial charge on any atom is 0.323 e. The summed E-state index contributed by atoms with van der Waals surface area (Å²) in [5.74, 6) is -2.92. The number of rotatable bonds is 6. The molecule has 5 nitrogen and oxygen atoms in total. The van der Waals surface area contributed by atoms with E-state index in [1.807, 2.05) is 19.9 Å². The average molecular weight is 294 g/mol. The SMILES string of the molecule is CCOC(=O)C(C(=O)OCC)C(O)c1cc(C)cc(C)c1. The van der Waals surface area contributed by atoms with Gasteiger partial charge in [-0.05, 0) is 33.3 Å². The number of esters is 2. The molecule has 0 amide bonds. The van der Waals surface area contributed by atoms with Gasteiger partial charge in [0.15, 0.2) is 5.92 Å². The van der Waals surface area contributed by atoms with Gasteiger partial charge in [-0.15, -0.1) is 0 Å². The molecule has 1 unspecified atom stereocenters. The summed E-state index contributed by atoms with van der Waals surface area (Å²) in [5, 5.41) is 10.4. The van der Waals surface area contributed by atoms with Gasteiger partial charge in [0.25, 0.3) is 0 Å². The van der Waals surface area contributed by atoms with Crippen LogP contribution in [0.5, 0.6) is 0 Å². The Morgan fingerprint density at radius 1 is 1.00 bits per heavy atom. The highest BCUT2D eigenvalue weighted by Gasteiger charge is 2.37. The van der Waals surface area contributed by atoms with Crippen LogP contribution in [0.1, 0.15) is 36.6 Å². The predicted octanol–water partition coefficient (Wildman–Crippen LogP) is 2.08. The smallest absolute Gasteiger partial charge is 0.323 e. The van der Waals surface area contributed by atoms with Gasteiger partial charge in [-0.2, -0.15) is 0 Å². The minimum absolute atomic E-state index is 0.133. The van der Waals surface area contributed by atoms with Gasteiger partial charge in [0.1, 0.15) is 6.10 Å². The van der Waals surface area contributed by atoms with Crippen molar-refractivity contribution in [1.82, 2.24) is 0 Å². The molecule has 0 aromatic heterocycles. The summed E-state index contributed by atoms with van der Waals surface area (Å²) < 4.78 is 9.75. The van der Waals surface area contributed by atoms with Crippen molar-refractivity contribution in [3.8, 4) is 0 Å². The van der Waals surface area contributed by atoms with Crippen LogP contribution in [0.2, 0.25) is 0 Å². The third-order valence-electron chi connectivity index (χ3n) is 2.98. The molecular formula is C16H22O5. The molecule has 1 atom stereocenters. The average Bonchev–Trinajstić information content (AvgIpc) is 2.38. The van der Waals surface area contributed by atoms with E-state index >= 15 is 0 Å². The predicted molar refractivity (Wildman–Crippen MR) is 77.6 cm³/mol. The van der Waals surface area contributed by atoms with Crippen molar-refractivity contribution in [2.75, 3.05) is 13.2 Å². The molecule has 0 saturated carbocycles. The Labute approximate surface area is 124 Å². The van der Waals surface area contributed by atoms with Gasteiger partial charge in [-0.3, -0.25) is 9.59 Å². The van der Waals surface area contributed by atoms with Crippen LogP contribution in [0.15, 0.2) is 18.2 Å². The summed E-state index contributed by atoms with van der Waals surface area (Å²) in [6, 6.07) is 5.42. The van der Waals surface area contributed by atoms with Crippen LogP contribution in [0, 0.1) is 19.8 Å². The number of aliphatic hydroxyl groups is 1. The first-order chi connectivity index (χ1) is 9.90. The number of hydrogen-bond donors (Lipinski definition) is 1. The fraction of sp³-hybridized carbons (Fsp3) is 0.500. The second-order valence-electron chi connectivity index (χ2n) is 4.85. The van der Waals surface area contributed by atoms with Gasteiger partial charge in [0, 0.05) is 0 Å². The first-order valence-corrected chi connectivity index (χ1v) is 7.00. The Morgan fingerprint density at radius 2 is 1.43 bits per heavy atom. The highest BCUT2D eigenvalue weighted by atomic mass is 16.6. The van der Waals surface area contributed by atoms with Crippen LogP contribution in [0.3, 0.4) is 0 Å². The van der Waals surface area contributed by atoms with Crippen LogP contribution < -0.4 is 0 Å². The molecular weight excluding hydrogens is 272 g/mol. The lowest BCUT2D eigenvalue weighted by molar-refractivity contribution is -0.167. The van der Waals surface area contributed by atoms with Gasteiger partial charge in [0.05, 0.1) is 13.2 Å². The topological polar surface area (TPSA) is 72.8 Å². The van der Waals surface area contributed by atoms with E-state index in [0.29, 0.717) is 5.56 Å². The fourth-order valence-electron chi connectivity index (χ4n) is 2.19. The second kappa shape index (κ2) is 7.78. The van der Waals surface area contributed by atoms with Gasteiger partial charge < -0.3 is 14.6 Å². The molecule has 1 aromatic carbocycles. The number of benzene rings is 1. The van der Waals surface area contributed by atoms with E-state index in [1.54, 1.807) is 26.0 Å². The maximum absolute atomic E-state index is 12.0. The minimum Gasteiger partial charge on any atom is -0.465 e. The van der Waals surface area contributed by atoms with Crippen molar-refractivity contribution < 1.29 is 24.2 Å². The van der Waals surface area contributed by atoms with E-state index < -0.39 is 24.0 Å². The Hall–Kier alpha value is -1.88. The molecule has 116 valence electrons. The van der Waals surface area contributed by atoms with Gasteiger partial charge in [-0.1, -0.05) is 29.3 Å². The standard InChI is InChI=1S/C16H22O5/c1-5-20-15(18)13(16(19)21-6-2)14(17)12-8-10(3)7-11(4)9-12/h7-9,13-14,17H,5-6H2,1-4H3. The second-order valence-corrected chi connectivity index (χ2v) is 4.85. The van der Waals surface area contributed by atoms with Crippen molar-refractivity contribution in [3.05, 3.63) is 34.9 Å². The van der Waals surface area contributed by atoms with Crippen LogP contribution in [0.25, 0.3) is 0 Å². The molecule has 0 saturated heterocycles. The Kier molecular flexibility index (Phi) is 6.37. The van der Waals surface area contributed by atoms with Crippen molar-refractivity contribution in [2.24, 2.45) is 5.92 Å². The fourth-order valence-corrected chi connectivity index (χ4v) is 2.19. The van der Waals surface area contributed by atoms with Gasteiger partial charge in [0.2, 0.25) is 0 Å². The van der Waals surface area contributed by atoms with E-state index in [2.05, 4.69) is 0 Å². The van der Waals surface area contributed by atoms with E-state index in [4.69, 9.17) is 9.47 Å². The first kappa shape index (κ1) is 17.2. The molecule has 0 fully saturated rings. The largest absolute Gasteiger partial charge is 0.465 e. The number of hydrogen-bond acceptors (Lipinski definition) is 5. The zero-order valence-corrected chi connectivity index (χ0v) is 12.9. The van der Waals surface area contributed by atoms with Crippen LogP contribution in [0.4, 0.5) is 0 Å². The normalized spacial score (nSPS) is 12.1. The lowest BCUT2D eigenvalue weighted by Gasteiger charge is -2.20. The number of ether oxygens (including phenoxy) is 2. The van der Waals surface area contributed by atoms with E-state index in [1.165, 1.54) is 0 Å². The molecule has 0 heterocycles. The number of aliphatic hydroxyl groups excluding tert-OH is 1. The summed E-state index contributed by atoms with van der Waals surface area (Å²) in [7, 11) is 0. The van der Waals surface area contributed by atoms with Crippen LogP contribution in [-0.2, 0) is 19.1 Å². The molecule has 0 radical (unpaired) electrons. The third kappa shape index (κ3) is 4.56. The number of aryl methyl sites for hydroxylation is 2. The lowest BCUT2D eigenvalue weighted by atomic mass is 9.93. The minimum atomic E-state index is -1.37. The molecule has 0 bridgehead atoms. The highest BCUT2D eigenvalue weighted by molar-refractivity contribution is 5.95. The Balaban J connectivity index is 3.11. The number of carbonyl (C=O) groups is 2. The monoisotopic (exact) mass is 294 g/mol. The molecule has 1 aromatic rings. The molecule has 21 heavy (non-hydrogen) atoms. The summed E-state index contributed by atoms with van der Waals surface area (Å²) in [4.78, 5) is 23.9. The third-order valence-corrected chi connectivity index (χ3v) is 2.98. The zero-order chi connectivity index (χ0) is 16.0. The highest BCUT2D eigenvalue weighted by Crippen LogP contribution is 2.26. The van der Waals surface area contributed by atoms with Crippen LogP contribution >= 0.6 is 0 Å². The summed E-state index contributed by atoms with van der Waals surface area (Å²) in [6.45, 7) is 7.31. The zero-order valence-electron chi connectivity index (χ0n) is 12.9. The van der Waals surface area contributed by atoms with Gasteiger partial charge in [-0.25, -0.2) is 0 Å². The Morgan fingerprint density at radius 3 is 1.81 bits per heavy atom. The quantitative estimate of drug-likeness (QED) is 0.642. The van der Waals surface area contributed by atoms with Crippen molar-refractivity contribution >= 4 is 11.9 Å². The molecule has 0 aliphatic rings. The Bertz CT molecular complexity index is 471. The number of carbonyl (C=O) groups excluding carboxylic acids is 2. The van der Waals surface area contributed by atoms with Crippen molar-refractivity contribution in [3.63, 3.8) is 0 Å². The van der Waals surface area contributed by atoms with E-state index in [0.717, 1.165) is 11.1 Å². The maximum atomic E-state index is 12.0. The molecule has 0 aliphatic heterocycles. The molecule has 5 heteroatoms. The molecule has 1 N–H and O–H groups in total. The van der Waals surface area contributed by atoms with E-state index in [9.17, 15) is 14.7 Å². The summed E-state index contributed by atoms with van der Waals surface area (Å²) in [6.07, 6.45) is -1.29. The first-order valence-electron chi connectivity index (χ1n) is 7.00. The van der Waals surface area contributed by atoms with Crippen molar-refractivity contribution in [2.45, 2.75) is 33.8 Å². The van der Waals surface area contributed by atoms with E-state index in [-0.39, 0.29) is 13.2 Å². The molecule has 1 rings (SSSR count).